The fraction of sp³-hybridized carbons (Fsp3) is 0.562. The lowest BCUT2D eigenvalue weighted by Crippen LogP contribution is -2.38. The minimum absolute atomic E-state index is 0. The molecule has 0 amide bonds. The summed E-state index contributed by atoms with van der Waals surface area (Å²) in [7, 11) is 3.17. The maximum atomic E-state index is 10.4. The van der Waals surface area contributed by atoms with Crippen molar-refractivity contribution in [2.24, 2.45) is 4.99 Å². The van der Waals surface area contributed by atoms with Gasteiger partial charge in [0, 0.05) is 24.9 Å². The highest BCUT2D eigenvalue weighted by molar-refractivity contribution is 14.0. The van der Waals surface area contributed by atoms with Gasteiger partial charge in [-0.1, -0.05) is 0 Å². The first-order valence-electron chi connectivity index (χ1n) is 7.56. The number of hydrogen-bond acceptors (Lipinski definition) is 5. The molecular weight excluding hydrogens is 441 g/mol. The van der Waals surface area contributed by atoms with Crippen LogP contribution in [0.4, 0.5) is 0 Å². The fourth-order valence-electron chi connectivity index (χ4n) is 1.92. The summed E-state index contributed by atoms with van der Waals surface area (Å²) in [5, 5.41) is 16.8. The van der Waals surface area contributed by atoms with Gasteiger partial charge in [-0.15, -0.1) is 24.0 Å². The lowest BCUT2D eigenvalue weighted by molar-refractivity contribution is 0.186. The van der Waals surface area contributed by atoms with Crippen molar-refractivity contribution in [1.29, 1.82) is 0 Å². The molecule has 1 aromatic carbocycles. The normalized spacial score (nSPS) is 12.1. The second-order valence-electron chi connectivity index (χ2n) is 4.80. The second kappa shape index (κ2) is 13.4. The summed E-state index contributed by atoms with van der Waals surface area (Å²) in [4.78, 5) is 4.43. The zero-order valence-electron chi connectivity index (χ0n) is 14.7. The first-order valence-corrected chi connectivity index (χ1v) is 8.96. The van der Waals surface area contributed by atoms with Gasteiger partial charge in [-0.05, 0) is 30.9 Å². The van der Waals surface area contributed by atoms with Gasteiger partial charge in [0.15, 0.2) is 5.96 Å². The number of nitrogens with one attached hydrogen (secondary N) is 2. The Morgan fingerprint density at radius 1 is 1.21 bits per heavy atom. The zero-order chi connectivity index (χ0) is 17.1. The molecule has 0 radical (unpaired) electrons. The van der Waals surface area contributed by atoms with Gasteiger partial charge in [0.1, 0.15) is 11.5 Å². The number of nitrogens with zero attached hydrogens (tertiary/aromatic N) is 1. The SMILES string of the molecule is CCNC(=NCC(O)c1cc(OC)cc(OC)c1)NCCSC.I. The quantitative estimate of drug-likeness (QED) is 0.223. The number of rotatable bonds is 9. The predicted molar refractivity (Wildman–Crippen MR) is 112 cm³/mol. The molecule has 0 aromatic heterocycles. The van der Waals surface area contributed by atoms with Crippen LogP contribution >= 0.6 is 35.7 Å². The van der Waals surface area contributed by atoms with E-state index in [1.165, 1.54) is 0 Å². The molecule has 0 aliphatic heterocycles. The zero-order valence-corrected chi connectivity index (χ0v) is 17.8. The van der Waals surface area contributed by atoms with Crippen molar-refractivity contribution in [3.05, 3.63) is 23.8 Å². The van der Waals surface area contributed by atoms with Crippen LogP contribution in [0, 0.1) is 0 Å². The van der Waals surface area contributed by atoms with Crippen molar-refractivity contribution < 1.29 is 14.6 Å². The molecule has 0 aliphatic rings. The Hall–Kier alpha value is -0.870. The Bertz CT molecular complexity index is 481. The van der Waals surface area contributed by atoms with E-state index in [1.807, 2.05) is 6.92 Å². The Kier molecular flexibility index (Phi) is 12.9. The Morgan fingerprint density at radius 2 is 1.83 bits per heavy atom. The number of guanidine groups is 1. The molecule has 6 nitrogen and oxygen atoms in total. The van der Waals surface area contributed by atoms with E-state index >= 15 is 0 Å². The molecule has 3 N–H and O–H groups in total. The Labute approximate surface area is 165 Å². The van der Waals surface area contributed by atoms with Gasteiger partial charge in [0.2, 0.25) is 0 Å². The number of methoxy groups -OCH3 is 2. The van der Waals surface area contributed by atoms with Crippen molar-refractivity contribution in [3.8, 4) is 11.5 Å². The van der Waals surface area contributed by atoms with Gasteiger partial charge >= 0.3 is 0 Å². The molecule has 8 heteroatoms. The molecule has 1 atom stereocenters. The van der Waals surface area contributed by atoms with Gasteiger partial charge in [-0.25, -0.2) is 0 Å². The molecule has 0 saturated heterocycles. The predicted octanol–water partition coefficient (Wildman–Crippen LogP) is 2.27. The van der Waals surface area contributed by atoms with E-state index in [4.69, 9.17) is 9.47 Å². The van der Waals surface area contributed by atoms with Crippen LogP contribution in [0.3, 0.4) is 0 Å². The standard InChI is InChI=1S/C16H27N3O3S.HI/c1-5-17-16(18-6-7-23-4)19-11-15(20)12-8-13(21-2)10-14(9-12)22-3;/h8-10,15,20H,5-7,11H2,1-4H3,(H2,17,18,19);1H. The molecular formula is C16H28IN3O3S. The Morgan fingerprint density at radius 3 is 2.33 bits per heavy atom. The van der Waals surface area contributed by atoms with Crippen molar-refractivity contribution in [2.45, 2.75) is 13.0 Å². The molecule has 1 rings (SSSR count). The van der Waals surface area contributed by atoms with Gasteiger partial charge in [0.05, 0.1) is 26.9 Å². The average Bonchev–Trinajstić information content (AvgIpc) is 2.58. The maximum Gasteiger partial charge on any atom is 0.191 e. The third-order valence-electron chi connectivity index (χ3n) is 3.12. The lowest BCUT2D eigenvalue weighted by atomic mass is 10.1. The van der Waals surface area contributed by atoms with Crippen LogP contribution in [0.2, 0.25) is 0 Å². The number of aliphatic imine (C=N–C) groups is 1. The van der Waals surface area contributed by atoms with Gasteiger partial charge in [-0.2, -0.15) is 11.8 Å². The van der Waals surface area contributed by atoms with Gasteiger partial charge < -0.3 is 25.2 Å². The van der Waals surface area contributed by atoms with E-state index in [-0.39, 0.29) is 30.5 Å². The number of halogens is 1. The van der Waals surface area contributed by atoms with Crippen LogP contribution in [0.5, 0.6) is 11.5 Å². The second-order valence-corrected chi connectivity index (χ2v) is 5.79. The lowest BCUT2D eigenvalue weighted by Gasteiger charge is -2.14. The number of aliphatic hydroxyl groups is 1. The Balaban J connectivity index is 0.00000529. The van der Waals surface area contributed by atoms with Crippen molar-refractivity contribution >= 4 is 41.7 Å². The summed E-state index contributed by atoms with van der Waals surface area (Å²) in [5.41, 5.74) is 0.713. The highest BCUT2D eigenvalue weighted by Crippen LogP contribution is 2.26. The van der Waals surface area contributed by atoms with Crippen LogP contribution < -0.4 is 20.1 Å². The van der Waals surface area contributed by atoms with Gasteiger partial charge in [0.25, 0.3) is 0 Å². The molecule has 1 unspecified atom stereocenters. The summed E-state index contributed by atoms with van der Waals surface area (Å²) in [6.45, 7) is 3.87. The maximum absolute atomic E-state index is 10.4. The summed E-state index contributed by atoms with van der Waals surface area (Å²) >= 11 is 1.77. The molecule has 24 heavy (non-hydrogen) atoms. The first-order chi connectivity index (χ1) is 11.1. The summed E-state index contributed by atoms with van der Waals surface area (Å²) in [6, 6.07) is 5.35. The molecule has 0 aliphatic carbocycles. The van der Waals surface area contributed by atoms with E-state index in [9.17, 15) is 5.11 Å². The van der Waals surface area contributed by atoms with E-state index in [0.717, 1.165) is 18.8 Å². The molecule has 0 spiro atoms. The van der Waals surface area contributed by atoms with Crippen LogP contribution in [-0.2, 0) is 0 Å². The van der Waals surface area contributed by atoms with Crippen molar-refractivity contribution in [1.82, 2.24) is 10.6 Å². The molecule has 1 aromatic rings. The van der Waals surface area contributed by atoms with Crippen LogP contribution in [0.15, 0.2) is 23.2 Å². The molecule has 138 valence electrons. The summed E-state index contributed by atoms with van der Waals surface area (Å²) < 4.78 is 10.4. The molecule has 0 heterocycles. The first kappa shape index (κ1) is 23.1. The number of ether oxygens (including phenoxy) is 2. The van der Waals surface area contributed by atoms with Gasteiger partial charge in [-0.3, -0.25) is 4.99 Å². The van der Waals surface area contributed by atoms with Crippen molar-refractivity contribution in [3.63, 3.8) is 0 Å². The molecule has 0 fully saturated rings. The van der Waals surface area contributed by atoms with E-state index in [1.54, 1.807) is 44.2 Å². The third-order valence-corrected chi connectivity index (χ3v) is 3.74. The number of thioether (sulfide) groups is 1. The fourth-order valence-corrected chi connectivity index (χ4v) is 2.22. The minimum atomic E-state index is -0.727. The number of hydrogen-bond donors (Lipinski definition) is 3. The summed E-state index contributed by atoms with van der Waals surface area (Å²) in [5.74, 6) is 3.00. The topological polar surface area (TPSA) is 75.1 Å². The number of benzene rings is 1. The van der Waals surface area contributed by atoms with E-state index in [2.05, 4.69) is 21.9 Å². The smallest absolute Gasteiger partial charge is 0.191 e. The van der Waals surface area contributed by atoms with E-state index < -0.39 is 6.10 Å². The third kappa shape index (κ3) is 8.29. The monoisotopic (exact) mass is 469 g/mol. The highest BCUT2D eigenvalue weighted by Gasteiger charge is 2.11. The minimum Gasteiger partial charge on any atom is -0.497 e. The molecule has 0 saturated carbocycles. The molecule has 0 bridgehead atoms. The highest BCUT2D eigenvalue weighted by atomic mass is 127. The van der Waals surface area contributed by atoms with Crippen molar-refractivity contribution in [2.75, 3.05) is 45.9 Å². The van der Waals surface area contributed by atoms with Crippen LogP contribution in [0.25, 0.3) is 0 Å². The average molecular weight is 469 g/mol. The number of aliphatic hydroxyl groups excluding tert-OH is 1. The summed E-state index contributed by atoms with van der Waals surface area (Å²) in [6.07, 6.45) is 1.33. The van der Waals surface area contributed by atoms with Crippen LogP contribution in [-0.4, -0.2) is 56.9 Å². The largest absolute Gasteiger partial charge is 0.497 e. The van der Waals surface area contributed by atoms with E-state index in [0.29, 0.717) is 23.0 Å². The van der Waals surface area contributed by atoms with Crippen LogP contribution in [0.1, 0.15) is 18.6 Å².